The van der Waals surface area contributed by atoms with Crippen molar-refractivity contribution in [3.63, 3.8) is 0 Å². The second-order valence-corrected chi connectivity index (χ2v) is 6.58. The van der Waals surface area contributed by atoms with E-state index in [1.54, 1.807) is 32.0 Å². The zero-order chi connectivity index (χ0) is 14.9. The van der Waals surface area contributed by atoms with Crippen LogP contribution >= 0.6 is 11.6 Å². The first kappa shape index (κ1) is 14.8. The van der Waals surface area contributed by atoms with Crippen molar-refractivity contribution in [3.8, 4) is 0 Å². The fraction of sp³-hybridized carbons (Fsp3) is 0.143. The van der Waals surface area contributed by atoms with Crippen molar-refractivity contribution in [2.45, 2.75) is 18.7 Å². The van der Waals surface area contributed by atoms with Gasteiger partial charge in [0.2, 0.25) is 0 Å². The van der Waals surface area contributed by atoms with E-state index in [-0.39, 0.29) is 15.6 Å². The van der Waals surface area contributed by atoms with E-state index in [0.29, 0.717) is 5.56 Å². The Kier molecular flexibility index (Phi) is 4.01. The van der Waals surface area contributed by atoms with E-state index < -0.39 is 15.8 Å². The number of anilines is 1. The number of sulfonamides is 1. The van der Waals surface area contributed by atoms with Crippen LogP contribution in [0.3, 0.4) is 0 Å². The van der Waals surface area contributed by atoms with Crippen LogP contribution in [0, 0.1) is 19.7 Å². The summed E-state index contributed by atoms with van der Waals surface area (Å²) in [5.74, 6) is -0.628. The Morgan fingerprint density at radius 3 is 2.25 bits per heavy atom. The Hall–Kier alpha value is -1.59. The molecule has 0 saturated heterocycles. The van der Waals surface area contributed by atoms with Gasteiger partial charge in [-0.05, 0) is 49.2 Å². The molecule has 0 atom stereocenters. The van der Waals surface area contributed by atoms with Crippen molar-refractivity contribution >= 4 is 27.3 Å². The van der Waals surface area contributed by atoms with Gasteiger partial charge in [-0.3, -0.25) is 4.72 Å². The molecule has 106 valence electrons. The Labute approximate surface area is 122 Å². The minimum absolute atomic E-state index is 0.0789. The highest BCUT2D eigenvalue weighted by molar-refractivity contribution is 7.92. The summed E-state index contributed by atoms with van der Waals surface area (Å²) in [5.41, 5.74) is 1.45. The molecule has 2 aromatic rings. The molecule has 0 saturated carbocycles. The number of hydrogen-bond acceptors (Lipinski definition) is 2. The predicted molar refractivity (Wildman–Crippen MR) is 78.1 cm³/mol. The molecule has 0 heterocycles. The number of aryl methyl sites for hydroxylation is 2. The molecule has 0 aliphatic rings. The molecule has 0 bridgehead atoms. The van der Waals surface area contributed by atoms with E-state index in [1.165, 1.54) is 18.2 Å². The summed E-state index contributed by atoms with van der Waals surface area (Å²) in [5, 5.41) is 0.102. The number of benzene rings is 2. The lowest BCUT2D eigenvalue weighted by molar-refractivity contribution is 0.598. The number of rotatable bonds is 3. The van der Waals surface area contributed by atoms with Crippen LogP contribution in [0.1, 0.15) is 11.1 Å². The summed E-state index contributed by atoms with van der Waals surface area (Å²) >= 11 is 5.93. The third-order valence-corrected chi connectivity index (χ3v) is 4.59. The standard InChI is InChI=1S/C14H13ClFNO2S/c1-9-4-6-14(11(15)7-9)20(18,19)17-13-5-3-10(2)8-12(13)16/h3-8,17H,1-2H3. The van der Waals surface area contributed by atoms with Crippen LogP contribution in [0.4, 0.5) is 10.1 Å². The first-order valence-corrected chi connectivity index (χ1v) is 7.71. The Bertz CT molecular complexity index is 760. The zero-order valence-corrected chi connectivity index (χ0v) is 12.5. The van der Waals surface area contributed by atoms with Gasteiger partial charge in [0.1, 0.15) is 10.7 Å². The first-order valence-electron chi connectivity index (χ1n) is 5.85. The van der Waals surface area contributed by atoms with Crippen LogP contribution in [-0.2, 0) is 10.0 Å². The van der Waals surface area contributed by atoms with Crippen LogP contribution in [0.2, 0.25) is 5.02 Å². The molecule has 0 unspecified atom stereocenters. The van der Waals surface area contributed by atoms with E-state index >= 15 is 0 Å². The number of hydrogen-bond donors (Lipinski definition) is 1. The fourth-order valence-electron chi connectivity index (χ4n) is 1.73. The van der Waals surface area contributed by atoms with E-state index in [0.717, 1.165) is 5.56 Å². The van der Waals surface area contributed by atoms with Crippen molar-refractivity contribution in [2.75, 3.05) is 4.72 Å². The van der Waals surface area contributed by atoms with Crippen LogP contribution in [0.15, 0.2) is 41.3 Å². The zero-order valence-electron chi connectivity index (χ0n) is 10.9. The van der Waals surface area contributed by atoms with Gasteiger partial charge in [0.05, 0.1) is 10.7 Å². The second-order valence-electron chi connectivity index (χ2n) is 4.52. The van der Waals surface area contributed by atoms with Crippen molar-refractivity contribution < 1.29 is 12.8 Å². The summed E-state index contributed by atoms with van der Waals surface area (Å²) in [7, 11) is -3.92. The SMILES string of the molecule is Cc1ccc(NS(=O)(=O)c2ccc(C)cc2Cl)c(F)c1. The molecule has 0 fully saturated rings. The molecular weight excluding hydrogens is 301 g/mol. The maximum absolute atomic E-state index is 13.7. The lowest BCUT2D eigenvalue weighted by Gasteiger charge is -2.11. The monoisotopic (exact) mass is 313 g/mol. The van der Waals surface area contributed by atoms with Gasteiger partial charge in [0.25, 0.3) is 10.0 Å². The number of halogens is 2. The second kappa shape index (κ2) is 5.42. The average Bonchev–Trinajstić information content (AvgIpc) is 2.32. The van der Waals surface area contributed by atoms with Crippen molar-refractivity contribution in [3.05, 3.63) is 58.4 Å². The summed E-state index contributed by atoms with van der Waals surface area (Å²) in [6.45, 7) is 3.52. The quantitative estimate of drug-likeness (QED) is 0.934. The fourth-order valence-corrected chi connectivity index (χ4v) is 3.39. The van der Waals surface area contributed by atoms with Gasteiger partial charge in [-0.15, -0.1) is 0 Å². The molecule has 2 aromatic carbocycles. The van der Waals surface area contributed by atoms with E-state index in [1.807, 2.05) is 0 Å². The molecular formula is C14H13ClFNO2S. The molecule has 0 aromatic heterocycles. The molecule has 20 heavy (non-hydrogen) atoms. The Morgan fingerprint density at radius 2 is 1.65 bits per heavy atom. The Morgan fingerprint density at radius 1 is 1.05 bits per heavy atom. The topological polar surface area (TPSA) is 46.2 Å². The summed E-state index contributed by atoms with van der Waals surface area (Å²) in [6, 6.07) is 8.83. The van der Waals surface area contributed by atoms with Gasteiger partial charge in [-0.1, -0.05) is 23.7 Å². The molecule has 3 nitrogen and oxygen atoms in total. The van der Waals surface area contributed by atoms with Gasteiger partial charge < -0.3 is 0 Å². The van der Waals surface area contributed by atoms with Crippen LogP contribution < -0.4 is 4.72 Å². The van der Waals surface area contributed by atoms with Crippen molar-refractivity contribution in [2.24, 2.45) is 0 Å². The van der Waals surface area contributed by atoms with E-state index in [4.69, 9.17) is 11.6 Å². The van der Waals surface area contributed by atoms with Gasteiger partial charge in [-0.2, -0.15) is 0 Å². The lowest BCUT2D eigenvalue weighted by Crippen LogP contribution is -2.14. The molecule has 0 spiro atoms. The van der Waals surface area contributed by atoms with Crippen molar-refractivity contribution in [1.82, 2.24) is 0 Å². The smallest absolute Gasteiger partial charge is 0.263 e. The largest absolute Gasteiger partial charge is 0.277 e. The van der Waals surface area contributed by atoms with E-state index in [2.05, 4.69) is 4.72 Å². The number of nitrogens with one attached hydrogen (secondary N) is 1. The summed E-state index contributed by atoms with van der Waals surface area (Å²) < 4.78 is 40.3. The van der Waals surface area contributed by atoms with Crippen molar-refractivity contribution in [1.29, 1.82) is 0 Å². The normalized spacial score (nSPS) is 11.4. The Balaban J connectivity index is 2.41. The van der Waals surface area contributed by atoms with E-state index in [9.17, 15) is 12.8 Å². The minimum Gasteiger partial charge on any atom is -0.277 e. The maximum Gasteiger partial charge on any atom is 0.263 e. The van der Waals surface area contributed by atoms with Gasteiger partial charge >= 0.3 is 0 Å². The molecule has 0 amide bonds. The molecule has 2 rings (SSSR count). The third kappa shape index (κ3) is 3.11. The predicted octanol–water partition coefficient (Wildman–Crippen LogP) is 3.90. The van der Waals surface area contributed by atoms with Gasteiger partial charge in [0.15, 0.2) is 0 Å². The lowest BCUT2D eigenvalue weighted by atomic mass is 10.2. The highest BCUT2D eigenvalue weighted by Gasteiger charge is 2.19. The molecule has 1 N–H and O–H groups in total. The van der Waals surface area contributed by atoms with Crippen LogP contribution in [-0.4, -0.2) is 8.42 Å². The molecule has 6 heteroatoms. The molecule has 0 radical (unpaired) electrons. The molecule has 0 aliphatic carbocycles. The summed E-state index contributed by atoms with van der Waals surface area (Å²) in [4.78, 5) is -0.0789. The molecule has 0 aliphatic heterocycles. The average molecular weight is 314 g/mol. The maximum atomic E-state index is 13.7. The summed E-state index contributed by atoms with van der Waals surface area (Å²) in [6.07, 6.45) is 0. The first-order chi connectivity index (χ1) is 9.29. The van der Waals surface area contributed by atoms with Gasteiger partial charge in [0, 0.05) is 0 Å². The van der Waals surface area contributed by atoms with Crippen LogP contribution in [0.5, 0.6) is 0 Å². The highest BCUT2D eigenvalue weighted by atomic mass is 35.5. The minimum atomic E-state index is -3.92. The third-order valence-electron chi connectivity index (χ3n) is 2.75. The van der Waals surface area contributed by atoms with Crippen LogP contribution in [0.25, 0.3) is 0 Å². The highest BCUT2D eigenvalue weighted by Crippen LogP contribution is 2.26. The van der Waals surface area contributed by atoms with Gasteiger partial charge in [-0.25, -0.2) is 12.8 Å².